The largest absolute Gasteiger partial charge is 0.355 e. The summed E-state index contributed by atoms with van der Waals surface area (Å²) in [7, 11) is 3.93. The maximum absolute atomic E-state index is 13.4. The number of halogens is 2. The van der Waals surface area contributed by atoms with Gasteiger partial charge in [-0.25, -0.2) is 4.98 Å². The van der Waals surface area contributed by atoms with Crippen LogP contribution in [-0.2, 0) is 0 Å². The zero-order chi connectivity index (χ0) is 21.3. The van der Waals surface area contributed by atoms with Crippen LogP contribution in [0.25, 0.3) is 21.5 Å². The summed E-state index contributed by atoms with van der Waals surface area (Å²) in [5, 5.41) is 5.31. The molecule has 4 aromatic rings. The fraction of sp³-hybridized carbons (Fsp3) is 0.227. The SMILES string of the molecule is Cc1c(Cl)ccc2sc(N(CCN(C)C)C(=O)c3cc(-c4ccccc4)on3)nc12.Cl. The lowest BCUT2D eigenvalue weighted by atomic mass is 10.1. The van der Waals surface area contributed by atoms with Crippen LogP contribution in [0, 0.1) is 6.92 Å². The van der Waals surface area contributed by atoms with E-state index < -0.39 is 0 Å². The Bertz CT molecular complexity index is 1190. The highest BCUT2D eigenvalue weighted by molar-refractivity contribution is 7.22. The second-order valence-electron chi connectivity index (χ2n) is 7.22. The van der Waals surface area contributed by atoms with Crippen LogP contribution in [0.3, 0.4) is 0 Å². The minimum absolute atomic E-state index is 0. The molecule has 0 aliphatic carbocycles. The van der Waals surface area contributed by atoms with Gasteiger partial charge in [0.15, 0.2) is 16.6 Å². The third kappa shape index (κ3) is 4.91. The van der Waals surface area contributed by atoms with Crippen molar-refractivity contribution >= 4 is 56.6 Å². The van der Waals surface area contributed by atoms with Gasteiger partial charge in [0.25, 0.3) is 5.91 Å². The minimum atomic E-state index is -0.245. The number of hydrogen-bond acceptors (Lipinski definition) is 6. The zero-order valence-corrected chi connectivity index (χ0v) is 19.7. The average molecular weight is 477 g/mol. The molecule has 2 aromatic heterocycles. The number of aromatic nitrogens is 2. The Morgan fingerprint density at radius 2 is 1.87 bits per heavy atom. The fourth-order valence-electron chi connectivity index (χ4n) is 3.04. The smallest absolute Gasteiger partial charge is 0.282 e. The van der Waals surface area contributed by atoms with Gasteiger partial charge in [0.1, 0.15) is 0 Å². The van der Waals surface area contributed by atoms with E-state index in [1.807, 2.05) is 68.4 Å². The summed E-state index contributed by atoms with van der Waals surface area (Å²) in [4.78, 5) is 21.8. The first-order valence-electron chi connectivity index (χ1n) is 9.48. The fourth-order valence-corrected chi connectivity index (χ4v) is 4.24. The van der Waals surface area contributed by atoms with Gasteiger partial charge in [-0.1, -0.05) is 58.4 Å². The first-order valence-corrected chi connectivity index (χ1v) is 10.7. The quantitative estimate of drug-likeness (QED) is 0.365. The third-order valence-electron chi connectivity index (χ3n) is 4.77. The average Bonchev–Trinajstić information content (AvgIpc) is 3.39. The van der Waals surface area contributed by atoms with Crippen molar-refractivity contribution in [3.8, 4) is 11.3 Å². The Morgan fingerprint density at radius 1 is 1.13 bits per heavy atom. The molecule has 0 unspecified atom stereocenters. The van der Waals surface area contributed by atoms with Gasteiger partial charge in [0.2, 0.25) is 0 Å². The Balaban J connectivity index is 0.00000272. The number of nitrogens with zero attached hydrogens (tertiary/aromatic N) is 4. The lowest BCUT2D eigenvalue weighted by molar-refractivity contribution is 0.0976. The Kier molecular flexibility index (Phi) is 7.33. The monoisotopic (exact) mass is 476 g/mol. The van der Waals surface area contributed by atoms with Crippen LogP contribution in [0.5, 0.6) is 0 Å². The number of carbonyl (C=O) groups excluding carboxylic acids is 1. The first kappa shape index (κ1) is 23.2. The standard InChI is InChI=1S/C22H21ClN4O2S.ClH/c1-14-16(23)9-10-19-20(14)24-22(30-19)27(12-11-26(2)3)21(28)17-13-18(29-25-17)15-7-5-4-6-8-15;/h4-10,13H,11-12H2,1-3H3;1H. The highest BCUT2D eigenvalue weighted by Crippen LogP contribution is 2.34. The molecule has 4 rings (SSSR count). The predicted octanol–water partition coefficient (Wildman–Crippen LogP) is 5.54. The second kappa shape index (κ2) is 9.78. The molecule has 0 saturated heterocycles. The number of likely N-dealkylation sites (N-methyl/N-ethyl adjacent to an activating group) is 1. The number of fused-ring (bicyclic) bond motifs is 1. The van der Waals surface area contributed by atoms with Crippen molar-refractivity contribution in [2.45, 2.75) is 6.92 Å². The molecule has 6 nitrogen and oxygen atoms in total. The highest BCUT2D eigenvalue weighted by Gasteiger charge is 2.25. The van der Waals surface area contributed by atoms with Crippen LogP contribution < -0.4 is 4.90 Å². The number of hydrogen-bond donors (Lipinski definition) is 0. The van der Waals surface area contributed by atoms with Crippen molar-refractivity contribution in [1.82, 2.24) is 15.0 Å². The number of aryl methyl sites for hydroxylation is 1. The molecule has 0 atom stereocenters. The summed E-state index contributed by atoms with van der Waals surface area (Å²) < 4.78 is 6.42. The summed E-state index contributed by atoms with van der Waals surface area (Å²) in [6.07, 6.45) is 0. The van der Waals surface area contributed by atoms with Crippen LogP contribution in [0.15, 0.2) is 53.1 Å². The lowest BCUT2D eigenvalue weighted by Gasteiger charge is -2.20. The highest BCUT2D eigenvalue weighted by atomic mass is 35.5. The first-order chi connectivity index (χ1) is 14.4. The third-order valence-corrected chi connectivity index (χ3v) is 6.22. The molecule has 0 spiro atoms. The maximum atomic E-state index is 13.4. The molecule has 0 aliphatic rings. The van der Waals surface area contributed by atoms with Crippen molar-refractivity contribution in [3.63, 3.8) is 0 Å². The van der Waals surface area contributed by atoms with Crippen LogP contribution in [0.1, 0.15) is 16.1 Å². The Morgan fingerprint density at radius 3 is 2.58 bits per heavy atom. The van der Waals surface area contributed by atoms with Gasteiger partial charge < -0.3 is 9.42 Å². The second-order valence-corrected chi connectivity index (χ2v) is 8.63. The van der Waals surface area contributed by atoms with E-state index in [-0.39, 0.29) is 24.0 Å². The van der Waals surface area contributed by atoms with Gasteiger partial charge in [-0.3, -0.25) is 9.69 Å². The zero-order valence-electron chi connectivity index (χ0n) is 17.3. The van der Waals surface area contributed by atoms with Crippen LogP contribution in [0.4, 0.5) is 5.13 Å². The Labute approximate surface area is 195 Å². The number of thiazole rings is 1. The number of amides is 1. The van der Waals surface area contributed by atoms with E-state index in [1.165, 1.54) is 11.3 Å². The number of benzene rings is 2. The summed E-state index contributed by atoms with van der Waals surface area (Å²) >= 11 is 7.72. The van der Waals surface area contributed by atoms with Gasteiger partial charge in [-0.15, -0.1) is 12.4 Å². The van der Waals surface area contributed by atoms with E-state index in [0.717, 1.165) is 21.3 Å². The topological polar surface area (TPSA) is 62.5 Å². The van der Waals surface area contributed by atoms with Gasteiger partial charge in [-0.05, 0) is 38.7 Å². The molecule has 31 heavy (non-hydrogen) atoms. The lowest BCUT2D eigenvalue weighted by Crippen LogP contribution is -2.36. The van der Waals surface area contributed by atoms with Crippen molar-refractivity contribution in [1.29, 1.82) is 0 Å². The molecule has 0 saturated carbocycles. The van der Waals surface area contributed by atoms with Gasteiger partial charge in [0, 0.05) is 29.7 Å². The van der Waals surface area contributed by atoms with Gasteiger partial charge in [-0.2, -0.15) is 0 Å². The molecule has 9 heteroatoms. The van der Waals surface area contributed by atoms with E-state index in [2.05, 4.69) is 5.16 Å². The van der Waals surface area contributed by atoms with E-state index >= 15 is 0 Å². The molecular weight excluding hydrogens is 455 g/mol. The summed E-state index contributed by atoms with van der Waals surface area (Å²) in [6.45, 7) is 3.10. The van der Waals surface area contributed by atoms with E-state index in [0.29, 0.717) is 29.0 Å². The molecule has 0 N–H and O–H groups in total. The molecule has 2 aromatic carbocycles. The molecule has 0 radical (unpaired) electrons. The normalized spacial score (nSPS) is 11.0. The predicted molar refractivity (Wildman–Crippen MR) is 129 cm³/mol. The van der Waals surface area contributed by atoms with Crippen LogP contribution >= 0.6 is 35.3 Å². The maximum Gasteiger partial charge on any atom is 0.282 e. The van der Waals surface area contributed by atoms with E-state index in [4.69, 9.17) is 21.1 Å². The number of carbonyl (C=O) groups is 1. The van der Waals surface area contributed by atoms with Crippen LogP contribution in [0.2, 0.25) is 5.02 Å². The van der Waals surface area contributed by atoms with Gasteiger partial charge in [0.05, 0.1) is 10.2 Å². The summed E-state index contributed by atoms with van der Waals surface area (Å²) in [5.74, 6) is 0.309. The van der Waals surface area contributed by atoms with Crippen molar-refractivity contribution < 1.29 is 9.32 Å². The van der Waals surface area contributed by atoms with Crippen molar-refractivity contribution in [2.75, 3.05) is 32.1 Å². The van der Waals surface area contributed by atoms with Crippen molar-refractivity contribution in [3.05, 3.63) is 64.8 Å². The van der Waals surface area contributed by atoms with E-state index in [1.54, 1.807) is 11.0 Å². The molecule has 162 valence electrons. The van der Waals surface area contributed by atoms with Gasteiger partial charge >= 0.3 is 0 Å². The molecule has 1 amide bonds. The summed E-state index contributed by atoms with van der Waals surface area (Å²) in [5.41, 5.74) is 2.84. The molecule has 0 aliphatic heterocycles. The summed E-state index contributed by atoms with van der Waals surface area (Å²) in [6, 6.07) is 15.1. The molecule has 0 fully saturated rings. The molecule has 0 bridgehead atoms. The van der Waals surface area contributed by atoms with E-state index in [9.17, 15) is 4.79 Å². The molecule has 2 heterocycles. The van der Waals surface area contributed by atoms with Crippen LogP contribution in [-0.4, -0.2) is 48.1 Å². The number of rotatable bonds is 6. The number of anilines is 1. The van der Waals surface area contributed by atoms with Crippen molar-refractivity contribution in [2.24, 2.45) is 0 Å². The minimum Gasteiger partial charge on any atom is -0.355 e. The Hall–Kier alpha value is -2.45. The molecular formula is C22H22Cl2N4O2S.